The second-order valence-corrected chi connectivity index (χ2v) is 8.96. The first-order valence-corrected chi connectivity index (χ1v) is 11.3. The van der Waals surface area contributed by atoms with Gasteiger partial charge in [-0.3, -0.25) is 4.79 Å². The Morgan fingerprint density at radius 2 is 2.18 bits per heavy atom. The van der Waals surface area contributed by atoms with Crippen LogP contribution in [0.1, 0.15) is 33.6 Å². The monoisotopic (exact) mass is 447 g/mol. The van der Waals surface area contributed by atoms with Gasteiger partial charge in [-0.15, -0.1) is 0 Å². The van der Waals surface area contributed by atoms with Gasteiger partial charge in [-0.25, -0.2) is 14.6 Å². The molecule has 3 aromatic rings. The Hall–Kier alpha value is -3.30. The fourth-order valence-electron chi connectivity index (χ4n) is 4.64. The maximum atomic E-state index is 12.9. The number of aryl methyl sites for hydroxylation is 1. The zero-order valence-corrected chi connectivity index (χ0v) is 19.3. The van der Waals surface area contributed by atoms with Crippen molar-refractivity contribution in [1.29, 1.82) is 0 Å². The number of nitrogen functional groups attached to an aromatic ring is 1. The molecule has 172 valence electrons. The molecule has 1 amide bonds. The molecular weight excluding hydrogens is 418 g/mol. The first-order valence-electron chi connectivity index (χ1n) is 11.3. The van der Waals surface area contributed by atoms with Crippen LogP contribution in [-0.2, 0) is 17.7 Å². The molecule has 2 aliphatic rings. The van der Waals surface area contributed by atoms with Gasteiger partial charge >= 0.3 is 0 Å². The summed E-state index contributed by atoms with van der Waals surface area (Å²) in [7, 11) is 3.92. The highest BCUT2D eigenvalue weighted by Gasteiger charge is 2.26. The average molecular weight is 448 g/mol. The fraction of sp³-hybridized carbons (Fsp3) is 0.417. The Morgan fingerprint density at radius 1 is 1.33 bits per heavy atom. The fourth-order valence-corrected chi connectivity index (χ4v) is 4.64. The van der Waals surface area contributed by atoms with Crippen molar-refractivity contribution in [3.05, 3.63) is 53.0 Å². The molecule has 9 heteroatoms. The van der Waals surface area contributed by atoms with Crippen molar-refractivity contribution < 1.29 is 9.53 Å². The predicted molar refractivity (Wildman–Crippen MR) is 125 cm³/mol. The molecular formula is C24H29N7O2. The van der Waals surface area contributed by atoms with Crippen molar-refractivity contribution in [3.8, 4) is 17.1 Å². The Bertz CT molecular complexity index is 1200. The number of nitrogens with zero attached hydrogens (tertiary/aromatic N) is 6. The zero-order chi connectivity index (χ0) is 23.1. The lowest BCUT2D eigenvalue weighted by Crippen LogP contribution is -2.37. The van der Waals surface area contributed by atoms with Gasteiger partial charge in [0, 0.05) is 38.5 Å². The van der Waals surface area contributed by atoms with Crippen LogP contribution >= 0.6 is 0 Å². The van der Waals surface area contributed by atoms with Gasteiger partial charge in [0.05, 0.1) is 24.5 Å². The van der Waals surface area contributed by atoms with Crippen LogP contribution in [0.5, 0.6) is 0 Å². The molecule has 0 aliphatic carbocycles. The molecule has 1 saturated heterocycles. The molecule has 1 fully saturated rings. The molecule has 5 rings (SSSR count). The maximum absolute atomic E-state index is 12.9. The summed E-state index contributed by atoms with van der Waals surface area (Å²) >= 11 is 0. The molecule has 0 saturated carbocycles. The van der Waals surface area contributed by atoms with E-state index in [-0.39, 0.29) is 17.8 Å². The summed E-state index contributed by atoms with van der Waals surface area (Å²) in [5, 5.41) is 4.46. The quantitative estimate of drug-likeness (QED) is 0.653. The summed E-state index contributed by atoms with van der Waals surface area (Å²) in [5.74, 6) is 0.514. The van der Waals surface area contributed by atoms with Crippen molar-refractivity contribution in [2.45, 2.75) is 32.4 Å². The van der Waals surface area contributed by atoms with E-state index in [1.54, 1.807) is 30.4 Å². The second-order valence-electron chi connectivity index (χ2n) is 8.96. The van der Waals surface area contributed by atoms with Gasteiger partial charge < -0.3 is 20.3 Å². The minimum Gasteiger partial charge on any atom is -0.381 e. The van der Waals surface area contributed by atoms with E-state index in [2.05, 4.69) is 41.1 Å². The molecule has 9 nitrogen and oxygen atoms in total. The van der Waals surface area contributed by atoms with Gasteiger partial charge in [0.25, 0.3) is 5.91 Å². The van der Waals surface area contributed by atoms with E-state index in [0.717, 1.165) is 37.2 Å². The number of amides is 1. The highest BCUT2D eigenvalue weighted by atomic mass is 16.5. The summed E-state index contributed by atoms with van der Waals surface area (Å²) < 4.78 is 6.93. The molecule has 0 bridgehead atoms. The average Bonchev–Trinajstić information content (AvgIpc) is 3.50. The first kappa shape index (κ1) is 21.5. The van der Waals surface area contributed by atoms with Crippen LogP contribution in [0.4, 0.5) is 5.82 Å². The van der Waals surface area contributed by atoms with Crippen LogP contribution in [0.3, 0.4) is 0 Å². The van der Waals surface area contributed by atoms with E-state index in [9.17, 15) is 4.79 Å². The summed E-state index contributed by atoms with van der Waals surface area (Å²) in [6.45, 7) is 5.37. The van der Waals surface area contributed by atoms with Gasteiger partial charge in [-0.2, -0.15) is 5.10 Å². The SMILES string of the molecule is Cc1cc(-c2cnc(N)c(-n3ccc(C(=O)N(C)C4CCOC4)n3)n2)cc2c1CCN(C)C2. The Balaban J connectivity index is 1.45. The van der Waals surface area contributed by atoms with Crippen LogP contribution in [-0.4, -0.2) is 75.4 Å². The van der Waals surface area contributed by atoms with Gasteiger partial charge in [0.1, 0.15) is 0 Å². The predicted octanol–water partition coefficient (Wildman–Crippen LogP) is 2.07. The summed E-state index contributed by atoms with van der Waals surface area (Å²) in [6, 6.07) is 6.10. The molecule has 4 heterocycles. The number of fused-ring (bicyclic) bond motifs is 1. The number of hydrogen-bond donors (Lipinski definition) is 1. The number of likely N-dealkylation sites (N-methyl/N-ethyl adjacent to an activating group) is 2. The van der Waals surface area contributed by atoms with Crippen molar-refractivity contribution >= 4 is 11.7 Å². The number of benzene rings is 1. The van der Waals surface area contributed by atoms with Gasteiger partial charge in [0.15, 0.2) is 17.3 Å². The Morgan fingerprint density at radius 3 is 2.97 bits per heavy atom. The number of carbonyl (C=O) groups excluding carboxylic acids is 1. The molecule has 1 unspecified atom stereocenters. The minimum atomic E-state index is -0.152. The third kappa shape index (κ3) is 4.09. The molecule has 0 spiro atoms. The number of anilines is 1. The van der Waals surface area contributed by atoms with Gasteiger partial charge in [0.2, 0.25) is 0 Å². The molecule has 1 atom stereocenters. The number of nitrogens with two attached hydrogens (primary N) is 1. The van der Waals surface area contributed by atoms with Gasteiger partial charge in [-0.05, 0) is 61.7 Å². The zero-order valence-electron chi connectivity index (χ0n) is 19.3. The summed E-state index contributed by atoms with van der Waals surface area (Å²) in [6.07, 6.45) is 5.28. The standard InChI is InChI=1S/C24H29N7O2/c1-15-10-16(11-17-13-29(2)7-4-19(15)17)21-12-26-22(25)23(27-21)31-8-5-20(28-31)24(32)30(3)18-6-9-33-14-18/h5,8,10-12,18H,4,6-7,9,13-14H2,1-3H3,(H2,25,26). The largest absolute Gasteiger partial charge is 0.381 e. The molecule has 0 radical (unpaired) electrons. The van der Waals surface area contributed by atoms with Crippen molar-refractivity contribution in [2.75, 3.05) is 39.6 Å². The first-order chi connectivity index (χ1) is 15.9. The van der Waals surface area contributed by atoms with Crippen LogP contribution in [0.15, 0.2) is 30.6 Å². The normalized spacial score (nSPS) is 18.3. The third-order valence-corrected chi connectivity index (χ3v) is 6.63. The third-order valence-electron chi connectivity index (χ3n) is 6.63. The molecule has 2 N–H and O–H groups in total. The van der Waals surface area contributed by atoms with E-state index >= 15 is 0 Å². The van der Waals surface area contributed by atoms with E-state index < -0.39 is 0 Å². The number of aromatic nitrogens is 4. The van der Waals surface area contributed by atoms with Crippen LogP contribution in [0.25, 0.3) is 17.1 Å². The number of rotatable bonds is 4. The van der Waals surface area contributed by atoms with Crippen molar-refractivity contribution in [3.63, 3.8) is 0 Å². The van der Waals surface area contributed by atoms with E-state index in [1.807, 2.05) is 0 Å². The van der Waals surface area contributed by atoms with Crippen LogP contribution in [0, 0.1) is 6.92 Å². The highest BCUT2D eigenvalue weighted by molar-refractivity contribution is 5.92. The van der Waals surface area contributed by atoms with Crippen molar-refractivity contribution in [2.24, 2.45) is 0 Å². The number of ether oxygens (including phenoxy) is 1. The second kappa shape index (κ2) is 8.57. The van der Waals surface area contributed by atoms with Crippen LogP contribution < -0.4 is 5.73 Å². The van der Waals surface area contributed by atoms with E-state index in [4.69, 9.17) is 15.5 Å². The summed E-state index contributed by atoms with van der Waals surface area (Å²) in [5.41, 5.74) is 12.2. The maximum Gasteiger partial charge on any atom is 0.274 e. The highest BCUT2D eigenvalue weighted by Crippen LogP contribution is 2.29. The van der Waals surface area contributed by atoms with Crippen LogP contribution in [0.2, 0.25) is 0 Å². The summed E-state index contributed by atoms with van der Waals surface area (Å²) in [4.78, 5) is 26.0. The van der Waals surface area contributed by atoms with Gasteiger partial charge in [-0.1, -0.05) is 0 Å². The van der Waals surface area contributed by atoms with Crippen molar-refractivity contribution in [1.82, 2.24) is 29.5 Å². The lowest BCUT2D eigenvalue weighted by molar-refractivity contribution is 0.0705. The smallest absolute Gasteiger partial charge is 0.274 e. The molecule has 33 heavy (non-hydrogen) atoms. The Kier molecular flexibility index (Phi) is 5.59. The number of carbonyl (C=O) groups is 1. The lowest BCUT2D eigenvalue weighted by atomic mass is 9.92. The van der Waals surface area contributed by atoms with E-state index in [1.165, 1.54) is 21.4 Å². The number of hydrogen-bond acceptors (Lipinski definition) is 7. The molecule has 1 aromatic carbocycles. The Labute approximate surface area is 193 Å². The molecule has 2 aromatic heterocycles. The lowest BCUT2D eigenvalue weighted by Gasteiger charge is -2.27. The minimum absolute atomic E-state index is 0.0714. The topological polar surface area (TPSA) is 102 Å². The molecule has 2 aliphatic heterocycles. The van der Waals surface area contributed by atoms with E-state index in [0.29, 0.717) is 24.7 Å².